The molecule has 0 spiro atoms. The summed E-state index contributed by atoms with van der Waals surface area (Å²) < 4.78 is 73.8. The van der Waals surface area contributed by atoms with E-state index < -0.39 is 40.7 Å². The van der Waals surface area contributed by atoms with Gasteiger partial charge in [0.2, 0.25) is 5.82 Å². The van der Waals surface area contributed by atoms with Gasteiger partial charge in [-0.25, -0.2) is 22.0 Å². The number of halogens is 6. The number of amides is 1. The highest BCUT2D eigenvalue weighted by Crippen LogP contribution is 2.36. The molecule has 2 aromatic carbocycles. The van der Waals surface area contributed by atoms with E-state index in [0.29, 0.717) is 9.13 Å². The van der Waals surface area contributed by atoms with Gasteiger partial charge in [-0.3, -0.25) is 4.79 Å². The Hall–Kier alpha value is -2.70. The molecule has 0 bridgehead atoms. The van der Waals surface area contributed by atoms with Gasteiger partial charge in [0.25, 0.3) is 5.91 Å². The number of carbonyl (C=O) groups excluding carboxylic acids is 1. The second kappa shape index (κ2) is 7.61. The van der Waals surface area contributed by atoms with E-state index in [-0.39, 0.29) is 27.8 Å². The lowest BCUT2D eigenvalue weighted by Gasteiger charge is -2.15. The smallest absolute Gasteiger partial charge is 0.280 e. The monoisotopic (exact) mass is 524 g/mol. The molecule has 0 aliphatic carbocycles. The van der Waals surface area contributed by atoms with E-state index in [4.69, 9.17) is 4.74 Å². The number of ether oxygens (including phenoxy) is 1. The molecule has 29 heavy (non-hydrogen) atoms. The zero-order valence-corrected chi connectivity index (χ0v) is 16.8. The number of methoxy groups -OCH3 is 1. The van der Waals surface area contributed by atoms with Gasteiger partial charge in [0.05, 0.1) is 22.0 Å². The van der Waals surface area contributed by atoms with E-state index in [1.54, 1.807) is 0 Å². The minimum Gasteiger partial charge on any atom is -0.504 e. The maximum Gasteiger partial charge on any atom is 0.280 e. The summed E-state index contributed by atoms with van der Waals surface area (Å²) in [6, 6.07) is 2.89. The molecule has 1 amide bonds. The van der Waals surface area contributed by atoms with E-state index >= 15 is 0 Å². The second-order valence-electron chi connectivity index (χ2n) is 5.83. The number of phenols is 1. The molecule has 0 atom stereocenters. The summed E-state index contributed by atoms with van der Waals surface area (Å²) in [7, 11) is 1.32. The largest absolute Gasteiger partial charge is 0.504 e. The first kappa shape index (κ1) is 21.0. The van der Waals surface area contributed by atoms with Crippen LogP contribution in [0.4, 0.5) is 27.6 Å². The van der Waals surface area contributed by atoms with Gasteiger partial charge in [-0.05, 0) is 53.3 Å². The summed E-state index contributed by atoms with van der Waals surface area (Å²) in [6.07, 6.45) is 1.29. The van der Waals surface area contributed by atoms with Crippen molar-refractivity contribution in [2.45, 2.75) is 6.92 Å². The number of benzene rings is 2. The van der Waals surface area contributed by atoms with Crippen molar-refractivity contribution < 1.29 is 36.6 Å². The van der Waals surface area contributed by atoms with Gasteiger partial charge in [0.1, 0.15) is 5.69 Å². The molecular formula is C18H10F5IN2O3. The first-order valence-electron chi connectivity index (χ1n) is 7.78. The van der Waals surface area contributed by atoms with E-state index in [1.807, 2.05) is 22.6 Å². The highest BCUT2D eigenvalue weighted by atomic mass is 127. The summed E-state index contributed by atoms with van der Waals surface area (Å²) in [5, 5.41) is 13.6. The summed E-state index contributed by atoms with van der Waals surface area (Å²) in [6.45, 7) is 1.33. The zero-order chi connectivity index (χ0) is 21.6. The van der Waals surface area contributed by atoms with Crippen LogP contribution in [0.15, 0.2) is 22.8 Å². The molecule has 1 aliphatic heterocycles. The van der Waals surface area contributed by atoms with Crippen molar-refractivity contribution in [3.05, 3.63) is 55.9 Å². The van der Waals surface area contributed by atoms with Crippen LogP contribution < -0.4 is 9.75 Å². The summed E-state index contributed by atoms with van der Waals surface area (Å²) in [5.41, 5.74) is -1.24. The van der Waals surface area contributed by atoms with Gasteiger partial charge in [-0.15, -0.1) is 0 Å². The fourth-order valence-electron chi connectivity index (χ4n) is 2.61. The van der Waals surface area contributed by atoms with E-state index in [0.717, 1.165) is 0 Å². The van der Waals surface area contributed by atoms with Crippen molar-refractivity contribution in [2.24, 2.45) is 5.10 Å². The minimum absolute atomic E-state index is 0.0130. The van der Waals surface area contributed by atoms with Crippen molar-refractivity contribution in [1.29, 1.82) is 0 Å². The van der Waals surface area contributed by atoms with Crippen molar-refractivity contribution >= 4 is 46.0 Å². The van der Waals surface area contributed by atoms with Gasteiger partial charge in [-0.2, -0.15) is 10.1 Å². The third-order valence-corrected chi connectivity index (χ3v) is 4.86. The van der Waals surface area contributed by atoms with E-state index in [1.165, 1.54) is 32.2 Å². The summed E-state index contributed by atoms with van der Waals surface area (Å²) in [5.74, 6) is -12.2. The van der Waals surface area contributed by atoms with Crippen molar-refractivity contribution in [3.8, 4) is 11.5 Å². The zero-order valence-electron chi connectivity index (χ0n) is 14.7. The first-order valence-corrected chi connectivity index (χ1v) is 8.86. The molecular weight excluding hydrogens is 514 g/mol. The fourth-order valence-corrected chi connectivity index (χ4v) is 3.24. The molecule has 1 N–H and O–H groups in total. The molecule has 2 aromatic rings. The Labute approximate surface area is 174 Å². The molecule has 152 valence electrons. The number of hydrogen-bond donors (Lipinski definition) is 1. The Morgan fingerprint density at radius 1 is 1.07 bits per heavy atom. The molecule has 0 unspecified atom stereocenters. The average Bonchev–Trinajstić information content (AvgIpc) is 2.95. The maximum absolute atomic E-state index is 14.1. The van der Waals surface area contributed by atoms with Crippen LogP contribution in [0.2, 0.25) is 0 Å². The lowest BCUT2D eigenvalue weighted by atomic mass is 10.1. The number of aromatic hydroxyl groups is 1. The number of carbonyl (C=O) groups is 1. The van der Waals surface area contributed by atoms with Crippen LogP contribution in [0.1, 0.15) is 12.5 Å². The van der Waals surface area contributed by atoms with Crippen molar-refractivity contribution in [3.63, 3.8) is 0 Å². The van der Waals surface area contributed by atoms with Gasteiger partial charge in [0.15, 0.2) is 34.8 Å². The molecule has 11 heteroatoms. The Morgan fingerprint density at radius 2 is 1.62 bits per heavy atom. The van der Waals surface area contributed by atoms with E-state index in [2.05, 4.69) is 5.10 Å². The molecule has 0 fully saturated rings. The predicted octanol–water partition coefficient (Wildman–Crippen LogP) is 4.51. The Bertz CT molecular complexity index is 1090. The lowest BCUT2D eigenvalue weighted by Crippen LogP contribution is -2.25. The number of nitrogens with zero attached hydrogens (tertiary/aromatic N) is 2. The molecule has 5 nitrogen and oxygen atoms in total. The maximum atomic E-state index is 14.1. The Morgan fingerprint density at radius 3 is 2.17 bits per heavy atom. The van der Waals surface area contributed by atoms with Crippen molar-refractivity contribution in [2.75, 3.05) is 12.1 Å². The van der Waals surface area contributed by atoms with Crippen LogP contribution in [0.5, 0.6) is 11.5 Å². The minimum atomic E-state index is -2.34. The second-order valence-corrected chi connectivity index (χ2v) is 6.99. The Kier molecular flexibility index (Phi) is 5.52. The SMILES string of the molecule is COc1cc(/C=C2/C(=O)N(c3c(F)c(F)c(F)c(F)c3F)N=C2C)cc(I)c1O. The third-order valence-electron chi connectivity index (χ3n) is 4.04. The van der Waals surface area contributed by atoms with E-state index in [9.17, 15) is 31.9 Å². The highest BCUT2D eigenvalue weighted by Gasteiger charge is 2.37. The highest BCUT2D eigenvalue weighted by molar-refractivity contribution is 14.1. The molecule has 1 aliphatic rings. The van der Waals surface area contributed by atoms with Crippen molar-refractivity contribution in [1.82, 2.24) is 0 Å². The predicted molar refractivity (Wildman–Crippen MR) is 102 cm³/mol. The number of anilines is 1. The van der Waals surface area contributed by atoms with Crippen LogP contribution in [-0.2, 0) is 4.79 Å². The van der Waals surface area contributed by atoms with Crippen LogP contribution in [0, 0.1) is 32.7 Å². The lowest BCUT2D eigenvalue weighted by molar-refractivity contribution is -0.114. The molecule has 0 saturated carbocycles. The van der Waals surface area contributed by atoms with Gasteiger partial charge >= 0.3 is 0 Å². The van der Waals surface area contributed by atoms with Crippen LogP contribution >= 0.6 is 22.6 Å². The standard InChI is InChI=1S/C18H10F5IN2O3/c1-6-8(3-7-4-9(24)17(27)10(5-7)29-2)18(28)26(25-6)16-14(22)12(20)11(19)13(21)15(16)23/h3-5,27H,1-2H3/b8-3+. The summed E-state index contributed by atoms with van der Waals surface area (Å²) in [4.78, 5) is 12.6. The first-order chi connectivity index (χ1) is 13.6. The van der Waals surface area contributed by atoms with Gasteiger partial charge < -0.3 is 9.84 Å². The molecule has 1 heterocycles. The molecule has 0 radical (unpaired) electrons. The molecule has 0 aromatic heterocycles. The molecule has 3 rings (SSSR count). The number of phenolic OH excluding ortho intramolecular Hbond substituents is 1. The topological polar surface area (TPSA) is 62.1 Å². The summed E-state index contributed by atoms with van der Waals surface area (Å²) >= 11 is 1.83. The normalized spacial score (nSPS) is 15.3. The Balaban J connectivity index is 2.10. The number of hydrogen-bond acceptors (Lipinski definition) is 4. The van der Waals surface area contributed by atoms with Gasteiger partial charge in [-0.1, -0.05) is 0 Å². The fraction of sp³-hybridized carbons (Fsp3) is 0.111. The van der Waals surface area contributed by atoms with Gasteiger partial charge in [0, 0.05) is 0 Å². The number of hydrazone groups is 1. The molecule has 0 saturated heterocycles. The third kappa shape index (κ3) is 3.43. The van der Waals surface area contributed by atoms with Crippen LogP contribution in [-0.4, -0.2) is 23.8 Å². The quantitative estimate of drug-likeness (QED) is 0.212. The average molecular weight is 524 g/mol. The van der Waals surface area contributed by atoms with Crippen LogP contribution in [0.25, 0.3) is 6.08 Å². The van der Waals surface area contributed by atoms with Crippen LogP contribution in [0.3, 0.4) is 0 Å². The number of rotatable bonds is 3.